The van der Waals surface area contributed by atoms with E-state index in [1.54, 1.807) is 18.3 Å². The summed E-state index contributed by atoms with van der Waals surface area (Å²) in [5, 5.41) is 5.92. The maximum atomic E-state index is 12.8. The van der Waals surface area contributed by atoms with Crippen molar-refractivity contribution in [2.45, 2.75) is 32.9 Å². The molecular formula is C23H23N3O3S. The van der Waals surface area contributed by atoms with Gasteiger partial charge in [0.05, 0.1) is 22.4 Å². The summed E-state index contributed by atoms with van der Waals surface area (Å²) in [6.07, 6.45) is -0.649. The number of hydrogen-bond acceptors (Lipinski definition) is 5. The molecule has 3 aromatic rings. The van der Waals surface area contributed by atoms with Gasteiger partial charge in [-0.05, 0) is 44.5 Å². The zero-order valence-corrected chi connectivity index (χ0v) is 17.9. The maximum absolute atomic E-state index is 12.8. The maximum Gasteiger partial charge on any atom is 0.268 e. The second-order valence-electron chi connectivity index (χ2n) is 7.32. The van der Waals surface area contributed by atoms with Crippen LogP contribution in [0.2, 0.25) is 0 Å². The summed E-state index contributed by atoms with van der Waals surface area (Å²) in [7, 11) is 0. The number of amides is 2. The van der Waals surface area contributed by atoms with Gasteiger partial charge in [0.15, 0.2) is 6.10 Å². The third-order valence-corrected chi connectivity index (χ3v) is 5.83. The number of rotatable bonds is 5. The summed E-state index contributed by atoms with van der Waals surface area (Å²) < 4.78 is 5.76. The lowest BCUT2D eigenvalue weighted by atomic mass is 10.1. The first-order valence-corrected chi connectivity index (χ1v) is 10.7. The van der Waals surface area contributed by atoms with Crippen LogP contribution in [0.3, 0.4) is 0 Å². The Bertz CT molecular complexity index is 1080. The van der Waals surface area contributed by atoms with Gasteiger partial charge >= 0.3 is 0 Å². The number of benzene rings is 2. The van der Waals surface area contributed by atoms with Crippen LogP contribution in [0.4, 0.5) is 5.69 Å². The lowest BCUT2D eigenvalue weighted by Crippen LogP contribution is -2.49. The molecule has 0 bridgehead atoms. The van der Waals surface area contributed by atoms with E-state index in [-0.39, 0.29) is 24.4 Å². The number of fused-ring (bicyclic) bond motifs is 1. The van der Waals surface area contributed by atoms with Gasteiger partial charge in [0.2, 0.25) is 5.91 Å². The third kappa shape index (κ3) is 4.07. The molecule has 2 amide bonds. The minimum absolute atomic E-state index is 0.0732. The molecule has 1 aliphatic rings. The van der Waals surface area contributed by atoms with E-state index in [2.05, 4.69) is 10.3 Å². The molecule has 0 saturated heterocycles. The number of carbonyl (C=O) groups excluding carboxylic acids is 2. The highest BCUT2D eigenvalue weighted by atomic mass is 32.1. The molecule has 2 unspecified atom stereocenters. The predicted molar refractivity (Wildman–Crippen MR) is 118 cm³/mol. The first kappa shape index (κ1) is 20.1. The molecule has 0 radical (unpaired) electrons. The van der Waals surface area contributed by atoms with Crippen LogP contribution in [0.5, 0.6) is 5.75 Å². The second-order valence-corrected chi connectivity index (χ2v) is 8.38. The van der Waals surface area contributed by atoms with Gasteiger partial charge in [0, 0.05) is 10.9 Å². The predicted octanol–water partition coefficient (Wildman–Crippen LogP) is 4.11. The number of aryl methyl sites for hydroxylation is 1. The van der Waals surface area contributed by atoms with Crippen molar-refractivity contribution in [3.05, 3.63) is 64.5 Å². The number of nitrogens with zero attached hydrogens (tertiary/aromatic N) is 2. The Hall–Kier alpha value is -3.19. The van der Waals surface area contributed by atoms with Crippen molar-refractivity contribution in [2.75, 3.05) is 11.4 Å². The van der Waals surface area contributed by atoms with E-state index in [4.69, 9.17) is 4.74 Å². The summed E-state index contributed by atoms with van der Waals surface area (Å²) in [4.78, 5) is 31.6. The van der Waals surface area contributed by atoms with E-state index in [0.717, 1.165) is 21.8 Å². The minimum Gasteiger partial charge on any atom is -0.479 e. The molecule has 1 N–H and O–H groups in total. The fraction of sp³-hybridized carbons (Fsp3) is 0.261. The Labute approximate surface area is 179 Å². The average molecular weight is 422 g/mol. The van der Waals surface area contributed by atoms with Crippen LogP contribution in [0, 0.1) is 6.92 Å². The topological polar surface area (TPSA) is 71.5 Å². The molecule has 154 valence electrons. The molecule has 1 aliphatic heterocycles. The van der Waals surface area contributed by atoms with Crippen LogP contribution >= 0.6 is 11.3 Å². The Morgan fingerprint density at radius 1 is 1.27 bits per heavy atom. The Balaban J connectivity index is 1.58. The highest BCUT2D eigenvalue weighted by Crippen LogP contribution is 2.37. The smallest absolute Gasteiger partial charge is 0.268 e. The van der Waals surface area contributed by atoms with Crippen molar-refractivity contribution in [1.29, 1.82) is 0 Å². The number of aromatic nitrogens is 1. The quantitative estimate of drug-likeness (QED) is 0.673. The molecule has 0 saturated carbocycles. The number of ether oxygens (including phenoxy) is 1. The van der Waals surface area contributed by atoms with Crippen molar-refractivity contribution >= 4 is 28.8 Å². The van der Waals surface area contributed by atoms with Crippen molar-refractivity contribution in [3.63, 3.8) is 0 Å². The van der Waals surface area contributed by atoms with Gasteiger partial charge in [-0.25, -0.2) is 4.98 Å². The summed E-state index contributed by atoms with van der Waals surface area (Å²) in [5.74, 6) is 0.119. The molecule has 4 rings (SSSR count). The van der Waals surface area contributed by atoms with Crippen LogP contribution in [-0.4, -0.2) is 29.4 Å². The van der Waals surface area contributed by atoms with Gasteiger partial charge in [-0.1, -0.05) is 30.3 Å². The van der Waals surface area contributed by atoms with Gasteiger partial charge in [-0.15, -0.1) is 11.3 Å². The Kier molecular flexibility index (Phi) is 5.55. The molecule has 0 aliphatic carbocycles. The second kappa shape index (κ2) is 8.28. The Morgan fingerprint density at radius 3 is 2.73 bits per heavy atom. The number of carbonyl (C=O) groups is 2. The normalized spacial score (nSPS) is 16.6. The molecule has 2 heterocycles. The molecule has 0 spiro atoms. The molecule has 7 heteroatoms. The fourth-order valence-electron chi connectivity index (χ4n) is 3.48. The summed E-state index contributed by atoms with van der Waals surface area (Å²) in [5.41, 5.74) is 3.32. The Morgan fingerprint density at radius 2 is 2.03 bits per heavy atom. The van der Waals surface area contributed by atoms with Crippen molar-refractivity contribution < 1.29 is 14.3 Å². The molecule has 0 fully saturated rings. The van der Waals surface area contributed by atoms with E-state index in [0.29, 0.717) is 11.4 Å². The zero-order chi connectivity index (χ0) is 21.3. The van der Waals surface area contributed by atoms with Gasteiger partial charge in [-0.3, -0.25) is 14.5 Å². The van der Waals surface area contributed by atoms with E-state index in [1.807, 2.05) is 67.8 Å². The van der Waals surface area contributed by atoms with Crippen LogP contribution < -0.4 is 15.0 Å². The standard InChI is InChI=1S/C23H23N3O3S/c1-14(17-7-5-4-6-8-17)24-22(27)12-26-20-11-18(19-13-30-16(3)25-19)9-10-21(20)29-15(2)23(26)28/h4-11,13-15H,12H2,1-3H3,(H,24,27). The SMILES string of the molecule is Cc1nc(-c2ccc3c(c2)N(CC(=O)NC(C)c2ccccc2)C(=O)C(C)O3)cs1. The zero-order valence-electron chi connectivity index (χ0n) is 17.1. The highest BCUT2D eigenvalue weighted by molar-refractivity contribution is 7.09. The van der Waals surface area contributed by atoms with Crippen molar-refractivity contribution in [2.24, 2.45) is 0 Å². The lowest BCUT2D eigenvalue weighted by Gasteiger charge is -2.33. The highest BCUT2D eigenvalue weighted by Gasteiger charge is 2.33. The average Bonchev–Trinajstić information content (AvgIpc) is 3.18. The third-order valence-electron chi connectivity index (χ3n) is 5.06. The molecule has 30 heavy (non-hydrogen) atoms. The van der Waals surface area contributed by atoms with Crippen molar-refractivity contribution in [3.8, 4) is 17.0 Å². The van der Waals surface area contributed by atoms with Gasteiger partial charge in [-0.2, -0.15) is 0 Å². The lowest BCUT2D eigenvalue weighted by molar-refractivity contribution is -0.128. The monoisotopic (exact) mass is 421 g/mol. The first-order chi connectivity index (χ1) is 14.4. The molecule has 2 atom stereocenters. The van der Waals surface area contributed by atoms with Gasteiger partial charge in [0.25, 0.3) is 5.91 Å². The largest absolute Gasteiger partial charge is 0.479 e. The van der Waals surface area contributed by atoms with Crippen LogP contribution in [0.25, 0.3) is 11.3 Å². The van der Waals surface area contributed by atoms with E-state index >= 15 is 0 Å². The molecule has 1 aromatic heterocycles. The van der Waals surface area contributed by atoms with E-state index in [9.17, 15) is 9.59 Å². The van der Waals surface area contributed by atoms with Crippen LogP contribution in [-0.2, 0) is 9.59 Å². The van der Waals surface area contributed by atoms with Crippen LogP contribution in [0.15, 0.2) is 53.9 Å². The minimum atomic E-state index is -0.649. The van der Waals surface area contributed by atoms with Crippen LogP contribution in [0.1, 0.15) is 30.5 Å². The number of hydrogen-bond donors (Lipinski definition) is 1. The molecule has 2 aromatic carbocycles. The number of anilines is 1. The first-order valence-electron chi connectivity index (χ1n) is 9.81. The molecular weight excluding hydrogens is 398 g/mol. The number of thiazole rings is 1. The van der Waals surface area contributed by atoms with E-state index < -0.39 is 6.10 Å². The fourth-order valence-corrected chi connectivity index (χ4v) is 4.10. The van der Waals surface area contributed by atoms with Crippen molar-refractivity contribution in [1.82, 2.24) is 10.3 Å². The molecule has 6 nitrogen and oxygen atoms in total. The summed E-state index contributed by atoms with van der Waals surface area (Å²) >= 11 is 1.57. The van der Waals surface area contributed by atoms with E-state index in [1.165, 1.54) is 4.90 Å². The summed E-state index contributed by atoms with van der Waals surface area (Å²) in [6.45, 7) is 5.50. The van der Waals surface area contributed by atoms with Gasteiger partial charge in [0.1, 0.15) is 12.3 Å². The van der Waals surface area contributed by atoms with Gasteiger partial charge < -0.3 is 10.1 Å². The number of nitrogens with one attached hydrogen (secondary N) is 1. The summed E-state index contributed by atoms with van der Waals surface area (Å²) in [6, 6.07) is 15.2.